The Kier molecular flexibility index (Phi) is 3.07. The maximum atomic E-state index is 10.4. The number of aromatic nitrogens is 2. The Balaban J connectivity index is 2.88. The predicted octanol–water partition coefficient (Wildman–Crippen LogP) is -0.830. The number of hydrogen-bond donors (Lipinski definition) is 0. The third-order valence-corrected chi connectivity index (χ3v) is 2.49. The summed E-state index contributed by atoms with van der Waals surface area (Å²) in [7, 11) is 1.55. The van der Waals surface area contributed by atoms with Gasteiger partial charge >= 0.3 is 5.82 Å². The van der Waals surface area contributed by atoms with Crippen molar-refractivity contribution in [3.8, 4) is 0 Å². The van der Waals surface area contributed by atoms with E-state index < -0.39 is 10.9 Å². The fraction of sp³-hybridized carbons (Fsp3) is 0.333. The van der Waals surface area contributed by atoms with Crippen LogP contribution in [-0.4, -0.2) is 26.2 Å². The van der Waals surface area contributed by atoms with Gasteiger partial charge in [-0.25, -0.2) is 0 Å². The maximum absolute atomic E-state index is 10.4. The van der Waals surface area contributed by atoms with Gasteiger partial charge in [-0.3, -0.25) is 0 Å². The summed E-state index contributed by atoms with van der Waals surface area (Å²) in [4.78, 5) is 23.5. The third-order valence-electron chi connectivity index (χ3n) is 1.36. The second-order valence-electron chi connectivity index (χ2n) is 2.40. The molecule has 0 radical (unpaired) electrons. The third kappa shape index (κ3) is 2.22. The van der Waals surface area contributed by atoms with Gasteiger partial charge in [-0.05, 0) is 9.91 Å². The van der Waals surface area contributed by atoms with Crippen molar-refractivity contribution in [2.75, 3.05) is 5.75 Å². The lowest BCUT2D eigenvalue weighted by Crippen LogP contribution is -2.24. The summed E-state index contributed by atoms with van der Waals surface area (Å²) in [6.07, 6.45) is 1.26. The summed E-state index contributed by atoms with van der Waals surface area (Å²) in [5, 5.41) is 20.8. The molecule has 0 bridgehead atoms. The summed E-state index contributed by atoms with van der Waals surface area (Å²) in [6.45, 7) is 0. The standard InChI is InChI=1S/C6H7N3O4S/c1-8-3-7-5(9(12)13)6(8)14-2-4(10)11/h3H,2H2,1H3,(H,10,11)/p-1. The highest BCUT2D eigenvalue weighted by molar-refractivity contribution is 8.00. The molecule has 0 aliphatic carbocycles. The zero-order chi connectivity index (χ0) is 10.7. The normalized spacial score (nSPS) is 10.1. The molecular weight excluding hydrogens is 210 g/mol. The van der Waals surface area contributed by atoms with Crippen LogP contribution in [0.4, 0.5) is 5.82 Å². The minimum absolute atomic E-state index is 0.208. The Morgan fingerprint density at radius 2 is 2.43 bits per heavy atom. The number of aliphatic carboxylic acids is 1. The number of carbonyl (C=O) groups is 1. The van der Waals surface area contributed by atoms with E-state index in [4.69, 9.17) is 0 Å². The Hall–Kier alpha value is -1.57. The molecule has 1 heterocycles. The lowest BCUT2D eigenvalue weighted by Gasteiger charge is -2.01. The van der Waals surface area contributed by atoms with Gasteiger partial charge in [0.1, 0.15) is 0 Å². The van der Waals surface area contributed by atoms with Gasteiger partial charge in [0.05, 0.1) is 5.97 Å². The lowest BCUT2D eigenvalue weighted by molar-refractivity contribution is -0.392. The zero-order valence-corrected chi connectivity index (χ0v) is 7.98. The van der Waals surface area contributed by atoms with E-state index in [1.165, 1.54) is 10.9 Å². The molecule has 1 aromatic rings. The molecule has 7 nitrogen and oxygen atoms in total. The van der Waals surface area contributed by atoms with Crippen LogP contribution < -0.4 is 5.11 Å². The number of hydrogen-bond acceptors (Lipinski definition) is 6. The van der Waals surface area contributed by atoms with Crippen LogP contribution in [0.1, 0.15) is 0 Å². The summed E-state index contributed by atoms with van der Waals surface area (Å²) < 4.78 is 1.39. The second kappa shape index (κ2) is 4.09. The first-order valence-electron chi connectivity index (χ1n) is 3.50. The molecule has 0 aliphatic rings. The van der Waals surface area contributed by atoms with Crippen LogP contribution in [0.5, 0.6) is 0 Å². The zero-order valence-electron chi connectivity index (χ0n) is 7.17. The molecule has 0 aliphatic heterocycles. The molecule has 0 aromatic carbocycles. The SMILES string of the molecule is Cn1cnc([N+](=O)[O-])c1SCC(=O)[O-]. The molecule has 0 amide bonds. The average molecular weight is 216 g/mol. The second-order valence-corrected chi connectivity index (χ2v) is 3.37. The number of nitro groups is 1. The average Bonchev–Trinajstić information content (AvgIpc) is 2.43. The first-order valence-corrected chi connectivity index (χ1v) is 4.49. The van der Waals surface area contributed by atoms with Gasteiger partial charge in [-0.2, -0.15) is 0 Å². The number of aryl methyl sites for hydroxylation is 1. The van der Waals surface area contributed by atoms with Gasteiger partial charge in [-0.1, -0.05) is 11.8 Å². The van der Waals surface area contributed by atoms with E-state index in [0.717, 1.165) is 11.8 Å². The molecule has 8 heteroatoms. The van der Waals surface area contributed by atoms with Crippen LogP contribution in [0.2, 0.25) is 0 Å². The van der Waals surface area contributed by atoms with Gasteiger partial charge in [0, 0.05) is 12.8 Å². The van der Waals surface area contributed by atoms with E-state index in [1.54, 1.807) is 7.05 Å². The summed E-state index contributed by atoms with van der Waals surface area (Å²) in [5.74, 6) is -1.94. The van der Waals surface area contributed by atoms with Crippen LogP contribution in [0, 0.1) is 10.1 Å². The highest BCUT2D eigenvalue weighted by Crippen LogP contribution is 2.26. The highest BCUT2D eigenvalue weighted by Gasteiger charge is 2.19. The van der Waals surface area contributed by atoms with Crippen molar-refractivity contribution in [3.05, 3.63) is 16.4 Å². The summed E-state index contributed by atoms with van der Waals surface area (Å²) in [5.41, 5.74) is 0. The highest BCUT2D eigenvalue weighted by atomic mass is 32.2. The predicted molar refractivity (Wildman–Crippen MR) is 45.6 cm³/mol. The van der Waals surface area contributed by atoms with Crippen LogP contribution in [-0.2, 0) is 11.8 Å². The molecule has 0 unspecified atom stereocenters. The van der Waals surface area contributed by atoms with Crippen LogP contribution in [0.25, 0.3) is 0 Å². The molecule has 0 saturated heterocycles. The van der Waals surface area contributed by atoms with Crippen molar-refractivity contribution in [2.45, 2.75) is 5.03 Å². The quantitative estimate of drug-likeness (QED) is 0.370. The molecule has 0 fully saturated rings. The Morgan fingerprint density at radius 1 is 1.79 bits per heavy atom. The summed E-state index contributed by atoms with van der Waals surface area (Å²) >= 11 is 0.814. The summed E-state index contributed by atoms with van der Waals surface area (Å²) in [6, 6.07) is 0. The molecule has 76 valence electrons. The molecular formula is C6H6N3O4S-. The first-order chi connectivity index (χ1) is 6.52. The van der Waals surface area contributed by atoms with Crippen molar-refractivity contribution in [1.29, 1.82) is 0 Å². The van der Waals surface area contributed by atoms with Crippen LogP contribution in [0.15, 0.2) is 11.4 Å². The van der Waals surface area contributed by atoms with Crippen LogP contribution in [0.3, 0.4) is 0 Å². The largest absolute Gasteiger partial charge is 0.549 e. The van der Waals surface area contributed by atoms with Crippen molar-refractivity contribution >= 4 is 23.5 Å². The molecule has 0 atom stereocenters. The minimum atomic E-state index is -1.27. The van der Waals surface area contributed by atoms with E-state index in [2.05, 4.69) is 4.98 Å². The topological polar surface area (TPSA) is 101 Å². The van der Waals surface area contributed by atoms with E-state index in [-0.39, 0.29) is 16.6 Å². The van der Waals surface area contributed by atoms with Crippen molar-refractivity contribution in [3.63, 3.8) is 0 Å². The van der Waals surface area contributed by atoms with E-state index in [1.807, 2.05) is 0 Å². The number of carboxylic acid groups (broad SMARTS) is 1. The number of thioether (sulfide) groups is 1. The van der Waals surface area contributed by atoms with Crippen molar-refractivity contribution in [2.24, 2.45) is 7.05 Å². The van der Waals surface area contributed by atoms with Gasteiger partial charge in [0.15, 0.2) is 5.03 Å². The van der Waals surface area contributed by atoms with E-state index in [9.17, 15) is 20.0 Å². The molecule has 0 saturated carbocycles. The number of carboxylic acids is 1. The lowest BCUT2D eigenvalue weighted by atomic mass is 10.8. The fourth-order valence-electron chi connectivity index (χ4n) is 0.826. The number of rotatable bonds is 4. The van der Waals surface area contributed by atoms with Gasteiger partial charge < -0.3 is 24.6 Å². The van der Waals surface area contributed by atoms with Gasteiger partial charge in [0.2, 0.25) is 6.33 Å². The van der Waals surface area contributed by atoms with E-state index in [0.29, 0.717) is 0 Å². The van der Waals surface area contributed by atoms with E-state index >= 15 is 0 Å². The molecule has 1 rings (SSSR count). The molecule has 0 spiro atoms. The van der Waals surface area contributed by atoms with Crippen molar-refractivity contribution < 1.29 is 14.8 Å². The Morgan fingerprint density at radius 3 is 2.93 bits per heavy atom. The molecule has 1 aromatic heterocycles. The van der Waals surface area contributed by atoms with Crippen molar-refractivity contribution in [1.82, 2.24) is 9.55 Å². The molecule has 14 heavy (non-hydrogen) atoms. The monoisotopic (exact) mass is 216 g/mol. The Labute approximate surface area is 82.9 Å². The molecule has 0 N–H and O–H groups in total. The minimum Gasteiger partial charge on any atom is -0.549 e. The van der Waals surface area contributed by atoms with Gasteiger partial charge in [0.25, 0.3) is 0 Å². The smallest absolute Gasteiger partial charge is 0.395 e. The first kappa shape index (κ1) is 10.5. The number of imidazole rings is 1. The Bertz CT molecular complexity index is 375. The maximum Gasteiger partial charge on any atom is 0.395 e. The fourth-order valence-corrected chi connectivity index (χ4v) is 1.59. The van der Waals surface area contributed by atoms with Gasteiger partial charge in [-0.15, -0.1) is 0 Å². The number of carbonyl (C=O) groups excluding carboxylic acids is 1. The van der Waals surface area contributed by atoms with Crippen LogP contribution >= 0.6 is 11.8 Å². The number of nitrogens with zero attached hydrogens (tertiary/aromatic N) is 3.